The highest BCUT2D eigenvalue weighted by Crippen LogP contribution is 2.32. The van der Waals surface area contributed by atoms with E-state index in [0.29, 0.717) is 5.56 Å². The van der Waals surface area contributed by atoms with E-state index in [1.165, 1.54) is 55.7 Å². The highest BCUT2D eigenvalue weighted by molar-refractivity contribution is 14.1. The van der Waals surface area contributed by atoms with Crippen molar-refractivity contribution in [3.8, 4) is 5.75 Å². The minimum Gasteiger partial charge on any atom is -0.508 e. The van der Waals surface area contributed by atoms with Crippen LogP contribution in [0.5, 0.6) is 5.75 Å². The number of amides is 4. The molecule has 0 aliphatic carbocycles. The summed E-state index contributed by atoms with van der Waals surface area (Å²) in [4.78, 5) is 43.2. The van der Waals surface area contributed by atoms with E-state index in [4.69, 9.17) is 0 Å². The fraction of sp³-hybridized carbons (Fsp3) is 0.258. The Morgan fingerprint density at radius 3 is 2.36 bits per heavy atom. The molecule has 45 heavy (non-hydrogen) atoms. The maximum Gasteiger partial charge on any atom is 0.332 e. The smallest absolute Gasteiger partial charge is 0.332 e. The Labute approximate surface area is 269 Å². The number of carbonyl (C=O) groups is 3. The van der Waals surface area contributed by atoms with Crippen molar-refractivity contribution in [3.05, 3.63) is 111 Å². The van der Waals surface area contributed by atoms with Crippen LogP contribution < -0.4 is 5.32 Å². The Balaban J connectivity index is 1.49. The minimum absolute atomic E-state index is 0.0144. The molecule has 0 radical (unpaired) electrons. The minimum atomic E-state index is -1.87. The Morgan fingerprint density at radius 1 is 1.00 bits per heavy atom. The number of fused-ring (bicyclic) bond motifs is 1. The van der Waals surface area contributed by atoms with Crippen molar-refractivity contribution in [1.82, 2.24) is 25.1 Å². The normalized spacial score (nSPS) is 18.2. The largest absolute Gasteiger partial charge is 0.508 e. The average molecular weight is 737 g/mol. The third-order valence-electron chi connectivity index (χ3n) is 7.71. The van der Waals surface area contributed by atoms with E-state index in [2.05, 4.69) is 11.9 Å². The topological polar surface area (TPSA) is 96.4 Å². The van der Waals surface area contributed by atoms with Crippen LogP contribution in [0.3, 0.4) is 0 Å². The maximum absolute atomic E-state index is 15.1. The molecular formula is C31H28F4IN5O4. The van der Waals surface area contributed by atoms with Gasteiger partial charge in [-0.25, -0.2) is 22.4 Å². The number of hydrazine groups is 1. The first-order chi connectivity index (χ1) is 21.5. The molecule has 2 N–H and O–H groups in total. The van der Waals surface area contributed by atoms with Gasteiger partial charge in [-0.2, -0.15) is 5.01 Å². The third kappa shape index (κ3) is 6.47. The molecule has 0 spiro atoms. The summed E-state index contributed by atoms with van der Waals surface area (Å²) in [5.74, 6) is -7.82. The Morgan fingerprint density at radius 2 is 1.69 bits per heavy atom. The quantitative estimate of drug-likeness (QED) is 0.112. The van der Waals surface area contributed by atoms with Crippen LogP contribution in [0.2, 0.25) is 0 Å². The van der Waals surface area contributed by atoms with Gasteiger partial charge in [0, 0.05) is 18.5 Å². The zero-order valence-electron chi connectivity index (χ0n) is 23.7. The number of carbonyl (C=O) groups excluding carboxylic acids is 3. The summed E-state index contributed by atoms with van der Waals surface area (Å²) < 4.78 is 57.5. The van der Waals surface area contributed by atoms with E-state index in [1.807, 2.05) is 30.3 Å². The summed E-state index contributed by atoms with van der Waals surface area (Å²) in [6, 6.07) is 13.3. The molecule has 0 aromatic heterocycles. The van der Waals surface area contributed by atoms with Crippen molar-refractivity contribution < 1.29 is 37.1 Å². The molecule has 3 aromatic rings. The van der Waals surface area contributed by atoms with Gasteiger partial charge in [-0.3, -0.25) is 14.6 Å². The summed E-state index contributed by atoms with van der Waals surface area (Å²) in [7, 11) is 0. The first kappa shape index (κ1) is 32.2. The summed E-state index contributed by atoms with van der Waals surface area (Å²) >= 11 is 1.22. The lowest BCUT2D eigenvalue weighted by molar-refractivity contribution is -0.157. The molecule has 0 unspecified atom stereocenters. The number of hydrogen-bond donors (Lipinski definition) is 2. The molecule has 3 aromatic carbocycles. The molecule has 236 valence electrons. The SMILES string of the molecule is C=CCN(C(=O)NCc1ccccc1)N1CC(=O)N2[C@@H](Cc3ccc(O)cc3)C(=O)N(Cc3c(F)c(F)c(F)c(I)c3F)C[C@@H]21. The number of nitrogens with zero attached hydrogens (tertiary/aromatic N) is 4. The van der Waals surface area contributed by atoms with Crippen molar-refractivity contribution in [3.63, 3.8) is 0 Å². The molecule has 0 saturated carbocycles. The molecule has 14 heteroatoms. The molecule has 9 nitrogen and oxygen atoms in total. The lowest BCUT2D eigenvalue weighted by Crippen LogP contribution is -2.66. The second-order valence-corrected chi connectivity index (χ2v) is 11.6. The van der Waals surface area contributed by atoms with E-state index < -0.39 is 69.0 Å². The number of piperazine rings is 1. The van der Waals surface area contributed by atoms with Gasteiger partial charge in [0.1, 0.15) is 23.8 Å². The molecule has 2 aliphatic rings. The highest BCUT2D eigenvalue weighted by atomic mass is 127. The lowest BCUT2D eigenvalue weighted by Gasteiger charge is -2.46. The molecule has 0 bridgehead atoms. The van der Waals surface area contributed by atoms with Crippen LogP contribution in [-0.4, -0.2) is 74.6 Å². The first-order valence-electron chi connectivity index (χ1n) is 13.9. The number of phenols is 1. The number of hydrogen-bond acceptors (Lipinski definition) is 5. The monoisotopic (exact) mass is 737 g/mol. The van der Waals surface area contributed by atoms with Gasteiger partial charge >= 0.3 is 6.03 Å². The molecule has 2 saturated heterocycles. The summed E-state index contributed by atoms with van der Waals surface area (Å²) in [6.07, 6.45) is 0.464. The second kappa shape index (κ2) is 13.4. The van der Waals surface area contributed by atoms with E-state index in [9.17, 15) is 32.7 Å². The number of nitrogens with one attached hydrogen (secondary N) is 1. The standard InChI is InChI=1S/C31H28F4IN5O4/c1-2-12-39(31(45)37-14-19-6-4-3-5-7-19)40-17-24(43)41-22(13-18-8-10-20(42)11-9-18)30(44)38(16-23(40)41)15-21-25(32)27(34)28(35)29(36)26(21)33/h2-11,22-23,42H,1,12-17H2,(H,37,45)/t22-,23+/m0/s1. The Bertz CT molecular complexity index is 1600. The van der Waals surface area contributed by atoms with E-state index >= 15 is 4.39 Å². The van der Waals surface area contributed by atoms with Gasteiger partial charge < -0.3 is 20.2 Å². The predicted octanol–water partition coefficient (Wildman–Crippen LogP) is 4.29. The van der Waals surface area contributed by atoms with Crippen LogP contribution in [0.4, 0.5) is 22.4 Å². The van der Waals surface area contributed by atoms with Gasteiger partial charge in [-0.15, -0.1) is 6.58 Å². The first-order valence-corrected chi connectivity index (χ1v) is 14.9. The molecule has 5 rings (SSSR count). The van der Waals surface area contributed by atoms with Crippen LogP contribution in [0, 0.1) is 26.8 Å². The molecule has 2 atom stereocenters. The molecule has 2 heterocycles. The van der Waals surface area contributed by atoms with Crippen molar-refractivity contribution in [1.29, 1.82) is 0 Å². The van der Waals surface area contributed by atoms with E-state index in [-0.39, 0.29) is 38.3 Å². The van der Waals surface area contributed by atoms with Crippen LogP contribution in [0.25, 0.3) is 0 Å². The third-order valence-corrected chi connectivity index (χ3v) is 8.66. The van der Waals surface area contributed by atoms with E-state index in [0.717, 1.165) is 10.5 Å². The number of aromatic hydroxyl groups is 1. The van der Waals surface area contributed by atoms with Crippen molar-refractivity contribution in [2.24, 2.45) is 0 Å². The van der Waals surface area contributed by atoms with Gasteiger partial charge in [0.05, 0.1) is 29.7 Å². The Kier molecular flexibility index (Phi) is 9.62. The number of phenolic OH excluding ortho intramolecular Hbond substituents is 1. The van der Waals surface area contributed by atoms with E-state index in [1.54, 1.807) is 12.1 Å². The van der Waals surface area contributed by atoms with Gasteiger partial charge in [-0.05, 0) is 45.9 Å². The lowest BCUT2D eigenvalue weighted by atomic mass is 9.99. The average Bonchev–Trinajstić information content (AvgIpc) is 3.36. The number of halogens is 5. The zero-order valence-corrected chi connectivity index (χ0v) is 25.9. The predicted molar refractivity (Wildman–Crippen MR) is 163 cm³/mol. The van der Waals surface area contributed by atoms with Gasteiger partial charge in [0.25, 0.3) is 0 Å². The number of benzene rings is 3. The van der Waals surface area contributed by atoms with Crippen molar-refractivity contribution in [2.45, 2.75) is 31.7 Å². The summed E-state index contributed by atoms with van der Waals surface area (Å²) in [6.45, 7) is 2.53. The number of urea groups is 1. The molecule has 4 amide bonds. The molecular weight excluding hydrogens is 709 g/mol. The van der Waals surface area contributed by atoms with Gasteiger partial charge in [0.2, 0.25) is 11.8 Å². The highest BCUT2D eigenvalue weighted by Gasteiger charge is 2.52. The molecule has 2 aliphatic heterocycles. The van der Waals surface area contributed by atoms with Crippen LogP contribution in [-0.2, 0) is 29.1 Å². The second-order valence-electron chi connectivity index (χ2n) is 10.5. The molecule has 2 fully saturated rings. The van der Waals surface area contributed by atoms with Crippen molar-refractivity contribution in [2.75, 3.05) is 19.6 Å². The van der Waals surface area contributed by atoms with Gasteiger partial charge in [0.15, 0.2) is 17.5 Å². The maximum atomic E-state index is 15.1. The van der Waals surface area contributed by atoms with Gasteiger partial charge in [-0.1, -0.05) is 48.5 Å². The van der Waals surface area contributed by atoms with Crippen LogP contribution in [0.1, 0.15) is 16.7 Å². The summed E-state index contributed by atoms with van der Waals surface area (Å²) in [5.41, 5.74) is 0.557. The zero-order chi connectivity index (χ0) is 32.4. The van der Waals surface area contributed by atoms with Crippen LogP contribution >= 0.6 is 22.6 Å². The Hall–Kier alpha value is -4.18. The van der Waals surface area contributed by atoms with Crippen LogP contribution in [0.15, 0.2) is 67.3 Å². The number of rotatable bonds is 9. The van der Waals surface area contributed by atoms with Crippen molar-refractivity contribution >= 4 is 40.4 Å². The fourth-order valence-electron chi connectivity index (χ4n) is 5.52. The summed E-state index contributed by atoms with van der Waals surface area (Å²) in [5, 5.41) is 15.2. The fourth-order valence-corrected chi connectivity index (χ4v) is 6.08.